The van der Waals surface area contributed by atoms with Crippen LogP contribution in [0.15, 0.2) is 29.1 Å². The third-order valence-corrected chi connectivity index (χ3v) is 5.66. The van der Waals surface area contributed by atoms with Gasteiger partial charge >= 0.3 is 0 Å². The van der Waals surface area contributed by atoms with Crippen molar-refractivity contribution < 1.29 is 4.79 Å². The standard InChI is InChI=1S/C19H23N3O2/c23-18(22-11-5-10-17(22)13-6-1-2-7-13)12-16-14-8-3-4-9-15(14)19(24)21-20-16/h3-4,8-9,13,17H,1-2,5-7,10-12H2,(H,21,24)/t17-/m1/s1. The van der Waals surface area contributed by atoms with Gasteiger partial charge in [0.1, 0.15) is 0 Å². The van der Waals surface area contributed by atoms with Crippen molar-refractivity contribution in [3.05, 3.63) is 40.3 Å². The average Bonchev–Trinajstić information content (AvgIpc) is 3.28. The maximum atomic E-state index is 12.9. The zero-order valence-corrected chi connectivity index (χ0v) is 13.8. The van der Waals surface area contributed by atoms with Crippen LogP contribution in [-0.2, 0) is 11.2 Å². The van der Waals surface area contributed by atoms with E-state index in [1.54, 1.807) is 6.07 Å². The van der Waals surface area contributed by atoms with Gasteiger partial charge in [-0.3, -0.25) is 9.59 Å². The zero-order chi connectivity index (χ0) is 16.5. The molecule has 1 N–H and O–H groups in total. The van der Waals surface area contributed by atoms with Crippen molar-refractivity contribution >= 4 is 16.7 Å². The summed E-state index contributed by atoms with van der Waals surface area (Å²) in [6.45, 7) is 0.862. The summed E-state index contributed by atoms with van der Waals surface area (Å²) in [5.74, 6) is 0.825. The van der Waals surface area contributed by atoms with Crippen molar-refractivity contribution in [1.82, 2.24) is 15.1 Å². The Bertz CT molecular complexity index is 808. The van der Waals surface area contributed by atoms with Gasteiger partial charge in [0, 0.05) is 18.0 Å². The molecule has 24 heavy (non-hydrogen) atoms. The first-order valence-corrected chi connectivity index (χ1v) is 9.00. The molecule has 1 aliphatic heterocycles. The van der Waals surface area contributed by atoms with Gasteiger partial charge < -0.3 is 4.90 Å². The van der Waals surface area contributed by atoms with Crippen molar-refractivity contribution in [1.29, 1.82) is 0 Å². The van der Waals surface area contributed by atoms with Gasteiger partial charge in [0.2, 0.25) is 5.91 Å². The van der Waals surface area contributed by atoms with Crippen LogP contribution in [-0.4, -0.2) is 33.6 Å². The number of likely N-dealkylation sites (tertiary alicyclic amines) is 1. The second-order valence-electron chi connectivity index (χ2n) is 7.06. The molecule has 1 saturated carbocycles. The van der Waals surface area contributed by atoms with Crippen molar-refractivity contribution in [3.63, 3.8) is 0 Å². The lowest BCUT2D eigenvalue weighted by atomic mass is 9.95. The Morgan fingerprint density at radius 1 is 1.12 bits per heavy atom. The number of hydrogen-bond donors (Lipinski definition) is 1. The fraction of sp³-hybridized carbons (Fsp3) is 0.526. The van der Waals surface area contributed by atoms with Crippen LogP contribution >= 0.6 is 0 Å². The molecule has 126 valence electrons. The van der Waals surface area contributed by atoms with E-state index in [0.29, 0.717) is 23.0 Å². The topological polar surface area (TPSA) is 66.1 Å². The quantitative estimate of drug-likeness (QED) is 0.943. The Hall–Kier alpha value is -2.17. The number of nitrogens with one attached hydrogen (secondary N) is 1. The second kappa shape index (κ2) is 6.38. The minimum atomic E-state index is -0.202. The highest BCUT2D eigenvalue weighted by molar-refractivity contribution is 5.88. The number of H-pyrrole nitrogens is 1. The Kier molecular flexibility index (Phi) is 4.08. The molecule has 0 unspecified atom stereocenters. The van der Waals surface area contributed by atoms with Crippen molar-refractivity contribution in [2.24, 2.45) is 5.92 Å². The van der Waals surface area contributed by atoms with Gasteiger partial charge in [-0.1, -0.05) is 31.0 Å². The molecule has 1 saturated heterocycles. The number of benzene rings is 1. The van der Waals surface area contributed by atoms with E-state index in [9.17, 15) is 9.59 Å². The largest absolute Gasteiger partial charge is 0.339 e. The van der Waals surface area contributed by atoms with E-state index < -0.39 is 0 Å². The molecule has 0 spiro atoms. The van der Waals surface area contributed by atoms with E-state index in [-0.39, 0.29) is 17.9 Å². The highest BCUT2D eigenvalue weighted by atomic mass is 16.2. The number of hydrogen-bond acceptors (Lipinski definition) is 3. The van der Waals surface area contributed by atoms with Crippen LogP contribution in [0.3, 0.4) is 0 Å². The van der Waals surface area contributed by atoms with Crippen LogP contribution in [0.4, 0.5) is 0 Å². The molecule has 4 rings (SSSR count). The maximum absolute atomic E-state index is 12.9. The molecular weight excluding hydrogens is 302 g/mol. The van der Waals surface area contributed by atoms with Crippen LogP contribution in [0.1, 0.15) is 44.2 Å². The summed E-state index contributed by atoms with van der Waals surface area (Å²) < 4.78 is 0. The monoisotopic (exact) mass is 325 g/mol. The molecule has 2 aliphatic rings. The van der Waals surface area contributed by atoms with Crippen LogP contribution in [0.2, 0.25) is 0 Å². The normalized spacial score (nSPS) is 21.7. The highest BCUT2D eigenvalue weighted by Gasteiger charge is 2.35. The molecule has 1 amide bonds. The summed E-state index contributed by atoms with van der Waals surface area (Å²) in [6, 6.07) is 7.78. The number of fused-ring (bicyclic) bond motifs is 1. The molecule has 5 heteroatoms. The Labute approximate surface area is 141 Å². The molecule has 2 heterocycles. The van der Waals surface area contributed by atoms with Crippen LogP contribution in [0.25, 0.3) is 10.8 Å². The maximum Gasteiger partial charge on any atom is 0.272 e. The smallest absolute Gasteiger partial charge is 0.272 e. The molecule has 1 aromatic carbocycles. The van der Waals surface area contributed by atoms with Gasteiger partial charge in [0.25, 0.3) is 5.56 Å². The van der Waals surface area contributed by atoms with Crippen LogP contribution in [0.5, 0.6) is 0 Å². The van der Waals surface area contributed by atoms with Gasteiger partial charge in [0.05, 0.1) is 17.5 Å². The van der Waals surface area contributed by atoms with Gasteiger partial charge in [-0.2, -0.15) is 5.10 Å². The number of carbonyl (C=O) groups excluding carboxylic acids is 1. The van der Waals surface area contributed by atoms with Crippen LogP contribution in [0, 0.1) is 5.92 Å². The fourth-order valence-electron chi connectivity index (χ4n) is 4.49. The molecule has 5 nitrogen and oxygen atoms in total. The first kappa shape index (κ1) is 15.4. The Morgan fingerprint density at radius 2 is 1.88 bits per heavy atom. The summed E-state index contributed by atoms with van der Waals surface area (Å²) in [7, 11) is 0. The van der Waals surface area contributed by atoms with Gasteiger partial charge in [0.15, 0.2) is 0 Å². The van der Waals surface area contributed by atoms with E-state index >= 15 is 0 Å². The van der Waals surface area contributed by atoms with Crippen LogP contribution < -0.4 is 5.56 Å². The molecule has 1 aliphatic carbocycles. The number of carbonyl (C=O) groups is 1. The lowest BCUT2D eigenvalue weighted by molar-refractivity contribution is -0.132. The average molecular weight is 325 g/mol. The first-order valence-electron chi connectivity index (χ1n) is 9.00. The molecule has 2 fully saturated rings. The molecular formula is C19H23N3O2. The lowest BCUT2D eigenvalue weighted by Gasteiger charge is -2.29. The third kappa shape index (κ3) is 2.72. The van der Waals surface area contributed by atoms with E-state index in [0.717, 1.165) is 24.8 Å². The molecule has 0 bridgehead atoms. The van der Waals surface area contributed by atoms with Crippen molar-refractivity contribution in [2.75, 3.05) is 6.54 Å². The molecule has 0 radical (unpaired) electrons. The Balaban J connectivity index is 1.58. The summed E-state index contributed by atoms with van der Waals surface area (Å²) in [4.78, 5) is 26.9. The lowest BCUT2D eigenvalue weighted by Crippen LogP contribution is -2.40. The molecule has 2 aromatic rings. The zero-order valence-electron chi connectivity index (χ0n) is 13.8. The van der Waals surface area contributed by atoms with Crippen molar-refractivity contribution in [2.45, 2.75) is 51.0 Å². The van der Waals surface area contributed by atoms with Gasteiger partial charge in [-0.25, -0.2) is 5.10 Å². The minimum Gasteiger partial charge on any atom is -0.339 e. The Morgan fingerprint density at radius 3 is 2.67 bits per heavy atom. The number of aromatic amines is 1. The van der Waals surface area contributed by atoms with E-state index in [4.69, 9.17) is 0 Å². The summed E-state index contributed by atoms with van der Waals surface area (Å²) >= 11 is 0. The number of rotatable bonds is 3. The fourth-order valence-corrected chi connectivity index (χ4v) is 4.49. The summed E-state index contributed by atoms with van der Waals surface area (Å²) in [6.07, 6.45) is 7.62. The summed E-state index contributed by atoms with van der Waals surface area (Å²) in [5, 5.41) is 8.07. The number of amides is 1. The van der Waals surface area contributed by atoms with E-state index in [2.05, 4.69) is 15.1 Å². The van der Waals surface area contributed by atoms with Gasteiger partial charge in [-0.15, -0.1) is 0 Å². The van der Waals surface area contributed by atoms with Gasteiger partial charge in [-0.05, 0) is 37.7 Å². The van der Waals surface area contributed by atoms with Crippen molar-refractivity contribution in [3.8, 4) is 0 Å². The highest BCUT2D eigenvalue weighted by Crippen LogP contribution is 2.35. The predicted molar refractivity (Wildman–Crippen MR) is 92.8 cm³/mol. The summed E-state index contributed by atoms with van der Waals surface area (Å²) in [5.41, 5.74) is 0.471. The van der Waals surface area contributed by atoms with E-state index in [1.165, 1.54) is 25.7 Å². The first-order chi connectivity index (χ1) is 11.7. The SMILES string of the molecule is O=C(Cc1n[nH]c(=O)c2ccccc12)N1CCC[C@@H]1C1CCCC1. The number of nitrogens with zero attached hydrogens (tertiary/aromatic N) is 2. The second-order valence-corrected chi connectivity index (χ2v) is 7.06. The molecule has 1 atom stereocenters. The third-order valence-electron chi connectivity index (χ3n) is 5.66. The number of aromatic nitrogens is 2. The minimum absolute atomic E-state index is 0.147. The molecule has 1 aromatic heterocycles. The van der Waals surface area contributed by atoms with E-state index in [1.807, 2.05) is 18.2 Å². The predicted octanol–water partition coefficient (Wildman–Crippen LogP) is 2.65.